The van der Waals surface area contributed by atoms with Crippen LogP contribution in [0, 0.1) is 12.8 Å². The number of aromatic amines is 1. The lowest BCUT2D eigenvalue weighted by molar-refractivity contribution is -0.183. The number of aromatic nitrogens is 3. The Morgan fingerprint density at radius 3 is 2.27 bits per heavy atom. The molecule has 0 unspecified atom stereocenters. The third-order valence-electron chi connectivity index (χ3n) is 6.02. The second kappa shape index (κ2) is 9.04. The fourth-order valence-corrected chi connectivity index (χ4v) is 3.96. The zero-order valence-electron chi connectivity index (χ0n) is 18.3. The Balaban J connectivity index is 1.41. The normalized spacial score (nSPS) is 18.6. The molecule has 0 radical (unpaired) electrons. The van der Waals surface area contributed by atoms with E-state index in [1.807, 2.05) is 7.05 Å². The van der Waals surface area contributed by atoms with Gasteiger partial charge in [0.25, 0.3) is 5.88 Å². The quantitative estimate of drug-likeness (QED) is 0.720. The van der Waals surface area contributed by atoms with Crippen molar-refractivity contribution in [1.29, 1.82) is 0 Å². The number of H-pyrrole nitrogens is 1. The van der Waals surface area contributed by atoms with Crippen LogP contribution in [0.5, 0.6) is 11.8 Å². The number of pyridine rings is 1. The Bertz CT molecular complexity index is 1030. The van der Waals surface area contributed by atoms with Crippen LogP contribution < -0.4 is 9.47 Å². The molecule has 2 fully saturated rings. The molecule has 33 heavy (non-hydrogen) atoms. The SMILES string of the molecule is Cc1cc(OC(=O)N2CCN(C)CC2)nc2[nH]nc(OC(=O)N3CCC(C(F)(F)F)CC3)c12. The minimum Gasteiger partial charge on any atom is -0.391 e. The summed E-state index contributed by atoms with van der Waals surface area (Å²) < 4.78 is 49.2. The number of fused-ring (bicyclic) bond motifs is 1. The topological polar surface area (TPSA) is 104 Å². The summed E-state index contributed by atoms with van der Waals surface area (Å²) in [6, 6.07) is 1.54. The first-order chi connectivity index (χ1) is 15.6. The summed E-state index contributed by atoms with van der Waals surface area (Å²) in [7, 11) is 1.98. The molecule has 1 N–H and O–H groups in total. The first-order valence-electron chi connectivity index (χ1n) is 10.7. The fourth-order valence-electron chi connectivity index (χ4n) is 3.96. The summed E-state index contributed by atoms with van der Waals surface area (Å²) in [4.78, 5) is 34.0. The van der Waals surface area contributed by atoms with E-state index in [-0.39, 0.29) is 43.3 Å². The number of hydrogen-bond donors (Lipinski definition) is 1. The van der Waals surface area contributed by atoms with Crippen molar-refractivity contribution in [2.75, 3.05) is 46.3 Å². The molecule has 0 bridgehead atoms. The summed E-state index contributed by atoms with van der Waals surface area (Å²) in [5, 5.41) is 7.04. The van der Waals surface area contributed by atoms with Crippen LogP contribution in [0.4, 0.5) is 22.8 Å². The highest BCUT2D eigenvalue weighted by Crippen LogP contribution is 2.34. The second-order valence-electron chi connectivity index (χ2n) is 8.36. The number of alkyl halides is 3. The first-order valence-corrected chi connectivity index (χ1v) is 10.7. The van der Waals surface area contributed by atoms with Crippen molar-refractivity contribution in [3.05, 3.63) is 11.6 Å². The number of piperazine rings is 1. The van der Waals surface area contributed by atoms with Crippen molar-refractivity contribution in [3.8, 4) is 11.8 Å². The van der Waals surface area contributed by atoms with Gasteiger partial charge in [0, 0.05) is 45.3 Å². The number of nitrogens with zero attached hydrogens (tertiary/aromatic N) is 5. The van der Waals surface area contributed by atoms with Crippen molar-refractivity contribution < 1.29 is 32.2 Å². The van der Waals surface area contributed by atoms with Gasteiger partial charge < -0.3 is 24.2 Å². The molecular weight excluding hydrogens is 445 g/mol. The van der Waals surface area contributed by atoms with E-state index < -0.39 is 24.3 Å². The van der Waals surface area contributed by atoms with Crippen LogP contribution in [0.15, 0.2) is 6.07 Å². The Labute approximate surface area is 187 Å². The van der Waals surface area contributed by atoms with Crippen molar-refractivity contribution in [1.82, 2.24) is 29.9 Å². The zero-order chi connectivity index (χ0) is 23.8. The Hall–Kier alpha value is -3.09. The standard InChI is InChI=1S/C20H25F3N6O4/c1-12-11-14(32-18(30)29-9-7-27(2)8-10-29)24-16-15(12)17(26-25-16)33-19(31)28-5-3-13(4-6-28)20(21,22)23/h11,13H,3-10H2,1-2H3,(H,24,25,26). The number of nitrogens with one attached hydrogen (secondary N) is 1. The molecule has 2 amide bonds. The van der Waals surface area contributed by atoms with Gasteiger partial charge in [0.1, 0.15) is 0 Å². The van der Waals surface area contributed by atoms with Crippen LogP contribution in [0.3, 0.4) is 0 Å². The second-order valence-corrected chi connectivity index (χ2v) is 8.36. The minimum atomic E-state index is -4.26. The first kappa shape index (κ1) is 23.1. The Kier molecular flexibility index (Phi) is 6.32. The van der Waals surface area contributed by atoms with E-state index in [2.05, 4.69) is 20.1 Å². The molecule has 2 aliphatic rings. The maximum atomic E-state index is 12.8. The van der Waals surface area contributed by atoms with Crippen molar-refractivity contribution in [3.63, 3.8) is 0 Å². The van der Waals surface area contributed by atoms with Gasteiger partial charge in [-0.3, -0.25) is 5.10 Å². The van der Waals surface area contributed by atoms with E-state index in [4.69, 9.17) is 9.47 Å². The van der Waals surface area contributed by atoms with Crippen LogP contribution in [-0.4, -0.2) is 94.6 Å². The number of ether oxygens (including phenoxy) is 2. The summed E-state index contributed by atoms with van der Waals surface area (Å²) in [6.45, 7) is 4.25. The maximum Gasteiger partial charge on any atom is 0.416 e. The van der Waals surface area contributed by atoms with Gasteiger partial charge in [0.2, 0.25) is 5.88 Å². The van der Waals surface area contributed by atoms with Crippen molar-refractivity contribution >= 4 is 23.2 Å². The number of carbonyl (C=O) groups is 2. The smallest absolute Gasteiger partial charge is 0.391 e. The molecule has 180 valence electrons. The van der Waals surface area contributed by atoms with Crippen LogP contribution in [-0.2, 0) is 0 Å². The van der Waals surface area contributed by atoms with Gasteiger partial charge in [-0.1, -0.05) is 0 Å². The summed E-state index contributed by atoms with van der Waals surface area (Å²) >= 11 is 0. The van der Waals surface area contributed by atoms with E-state index in [0.717, 1.165) is 13.1 Å². The van der Waals surface area contributed by atoms with E-state index >= 15 is 0 Å². The van der Waals surface area contributed by atoms with Gasteiger partial charge in [-0.05, 0) is 32.4 Å². The summed E-state index contributed by atoms with van der Waals surface area (Å²) in [5.74, 6) is -1.36. The van der Waals surface area contributed by atoms with Crippen LogP contribution in [0.1, 0.15) is 18.4 Å². The molecule has 4 rings (SSSR count). The number of rotatable bonds is 2. The predicted octanol–water partition coefficient (Wildman–Crippen LogP) is 2.79. The average molecular weight is 470 g/mol. The highest BCUT2D eigenvalue weighted by Gasteiger charge is 2.42. The number of likely N-dealkylation sites (N-methyl/N-ethyl adjacent to an activating group) is 1. The van der Waals surface area contributed by atoms with Crippen LogP contribution in [0.25, 0.3) is 11.0 Å². The van der Waals surface area contributed by atoms with Crippen LogP contribution in [0.2, 0.25) is 0 Å². The number of likely N-dealkylation sites (tertiary alicyclic amines) is 1. The fraction of sp³-hybridized carbons (Fsp3) is 0.600. The molecular formula is C20H25F3N6O4. The van der Waals surface area contributed by atoms with Gasteiger partial charge in [-0.15, -0.1) is 5.10 Å². The molecule has 0 aromatic carbocycles. The number of aryl methyl sites for hydroxylation is 1. The number of hydrogen-bond acceptors (Lipinski definition) is 7. The van der Waals surface area contributed by atoms with Gasteiger partial charge in [0.05, 0.1) is 11.3 Å². The largest absolute Gasteiger partial charge is 0.416 e. The van der Waals surface area contributed by atoms with E-state index in [1.165, 1.54) is 11.0 Å². The molecule has 0 spiro atoms. The highest BCUT2D eigenvalue weighted by molar-refractivity contribution is 5.87. The molecule has 10 nitrogen and oxygen atoms in total. The third-order valence-corrected chi connectivity index (χ3v) is 6.02. The number of carbonyl (C=O) groups excluding carboxylic acids is 2. The van der Waals surface area contributed by atoms with Gasteiger partial charge in [-0.2, -0.15) is 18.2 Å². The molecule has 2 aromatic heterocycles. The molecule has 13 heteroatoms. The molecule has 0 aliphatic carbocycles. The number of piperidine rings is 1. The van der Waals surface area contributed by atoms with Crippen molar-refractivity contribution in [2.45, 2.75) is 25.9 Å². The predicted molar refractivity (Wildman–Crippen MR) is 110 cm³/mol. The monoisotopic (exact) mass is 470 g/mol. The summed E-state index contributed by atoms with van der Waals surface area (Å²) in [5.41, 5.74) is 0.864. The Morgan fingerprint density at radius 2 is 1.64 bits per heavy atom. The molecule has 0 atom stereocenters. The lowest BCUT2D eigenvalue weighted by Crippen LogP contribution is -2.48. The summed E-state index contributed by atoms with van der Waals surface area (Å²) in [6.07, 6.45) is -5.86. The van der Waals surface area contributed by atoms with E-state index in [9.17, 15) is 22.8 Å². The molecule has 2 aliphatic heterocycles. The Morgan fingerprint density at radius 1 is 1.03 bits per heavy atom. The van der Waals surface area contributed by atoms with Gasteiger partial charge >= 0.3 is 18.4 Å². The number of amides is 2. The maximum absolute atomic E-state index is 12.8. The molecule has 2 aromatic rings. The molecule has 2 saturated heterocycles. The molecule has 0 saturated carbocycles. The third kappa shape index (κ3) is 5.13. The molecule has 4 heterocycles. The zero-order valence-corrected chi connectivity index (χ0v) is 18.3. The minimum absolute atomic E-state index is 0.0325. The number of halogens is 3. The van der Waals surface area contributed by atoms with Gasteiger partial charge in [0.15, 0.2) is 5.65 Å². The highest BCUT2D eigenvalue weighted by atomic mass is 19.4. The van der Waals surface area contributed by atoms with E-state index in [0.29, 0.717) is 24.0 Å². The lowest BCUT2D eigenvalue weighted by atomic mass is 9.97. The van der Waals surface area contributed by atoms with E-state index in [1.54, 1.807) is 11.8 Å². The van der Waals surface area contributed by atoms with Crippen molar-refractivity contribution in [2.24, 2.45) is 5.92 Å². The lowest BCUT2D eigenvalue weighted by Gasteiger charge is -2.31. The average Bonchev–Trinajstić information content (AvgIpc) is 3.16. The van der Waals surface area contributed by atoms with Gasteiger partial charge in [-0.25, -0.2) is 9.59 Å². The van der Waals surface area contributed by atoms with Crippen LogP contribution >= 0.6 is 0 Å².